The largest absolute Gasteiger partial charge is 0.385 e. The van der Waals surface area contributed by atoms with Crippen LogP contribution >= 0.6 is 0 Å². The van der Waals surface area contributed by atoms with Crippen molar-refractivity contribution in [2.24, 2.45) is 16.8 Å². The van der Waals surface area contributed by atoms with Crippen LogP contribution in [0.4, 0.5) is 5.69 Å². The van der Waals surface area contributed by atoms with Crippen LogP contribution in [0.2, 0.25) is 0 Å². The maximum atomic E-state index is 12.8. The lowest BCUT2D eigenvalue weighted by molar-refractivity contribution is 0.0971. The van der Waals surface area contributed by atoms with Crippen molar-refractivity contribution in [1.29, 1.82) is 0 Å². The predicted octanol–water partition coefficient (Wildman–Crippen LogP) is 3.41. The highest BCUT2D eigenvalue weighted by atomic mass is 16.1. The van der Waals surface area contributed by atoms with Gasteiger partial charge in [-0.15, -0.1) is 0 Å². The third-order valence-corrected chi connectivity index (χ3v) is 3.91. The van der Waals surface area contributed by atoms with Gasteiger partial charge in [0.2, 0.25) is 0 Å². The molecular formula is C19H19N3O. The first-order valence-corrected chi connectivity index (χ1v) is 7.54. The third kappa shape index (κ3) is 3.01. The fourth-order valence-electron chi connectivity index (χ4n) is 2.69. The summed E-state index contributed by atoms with van der Waals surface area (Å²) in [5, 5.41) is 6.03. The second-order valence-electron chi connectivity index (χ2n) is 5.71. The molecule has 2 aromatic rings. The van der Waals surface area contributed by atoms with Crippen molar-refractivity contribution in [1.82, 2.24) is 0 Å². The first kappa shape index (κ1) is 15.0. The highest BCUT2D eigenvalue weighted by Crippen LogP contribution is 2.22. The molecule has 0 aliphatic carbocycles. The maximum absolute atomic E-state index is 12.8. The number of aryl methyl sites for hydroxylation is 2. The number of nitrogens with two attached hydrogens (primary N) is 1. The van der Waals surface area contributed by atoms with E-state index >= 15 is 0 Å². The van der Waals surface area contributed by atoms with Crippen molar-refractivity contribution in [2.75, 3.05) is 5.01 Å². The SMILES string of the molecule is Cc1ccc(C(=O)C2C=CN(c3ccccc3)N=C2N)c(C)c1. The molecule has 0 saturated heterocycles. The van der Waals surface area contributed by atoms with E-state index in [0.29, 0.717) is 11.4 Å². The summed E-state index contributed by atoms with van der Waals surface area (Å²) in [6, 6.07) is 15.5. The summed E-state index contributed by atoms with van der Waals surface area (Å²) in [7, 11) is 0. The molecule has 116 valence electrons. The minimum absolute atomic E-state index is 0.0206. The average molecular weight is 305 g/mol. The quantitative estimate of drug-likeness (QED) is 0.884. The van der Waals surface area contributed by atoms with E-state index in [1.54, 1.807) is 17.3 Å². The molecule has 1 aliphatic heterocycles. The van der Waals surface area contributed by atoms with Gasteiger partial charge in [0.25, 0.3) is 0 Å². The smallest absolute Gasteiger partial charge is 0.177 e. The maximum Gasteiger partial charge on any atom is 0.177 e. The summed E-state index contributed by atoms with van der Waals surface area (Å²) >= 11 is 0. The Morgan fingerprint density at radius 1 is 1.13 bits per heavy atom. The molecule has 0 bridgehead atoms. The number of hydrogen-bond donors (Lipinski definition) is 1. The molecule has 0 radical (unpaired) electrons. The monoisotopic (exact) mass is 305 g/mol. The van der Waals surface area contributed by atoms with Crippen LogP contribution in [0, 0.1) is 19.8 Å². The van der Waals surface area contributed by atoms with Crippen molar-refractivity contribution >= 4 is 17.3 Å². The lowest BCUT2D eigenvalue weighted by Gasteiger charge is -2.23. The molecule has 1 aliphatic rings. The first-order chi connectivity index (χ1) is 11.1. The van der Waals surface area contributed by atoms with E-state index in [1.807, 2.05) is 62.4 Å². The Labute approximate surface area is 135 Å². The van der Waals surface area contributed by atoms with Gasteiger partial charge in [-0.05, 0) is 37.6 Å². The molecule has 0 aromatic heterocycles. The number of Topliss-reactive ketones (excluding diaryl/α,β-unsaturated/α-hetero) is 1. The van der Waals surface area contributed by atoms with E-state index in [4.69, 9.17) is 5.73 Å². The fraction of sp³-hybridized carbons (Fsp3) is 0.158. The summed E-state index contributed by atoms with van der Waals surface area (Å²) in [5.74, 6) is -0.231. The Morgan fingerprint density at radius 2 is 1.87 bits per heavy atom. The van der Waals surface area contributed by atoms with Crippen LogP contribution < -0.4 is 10.7 Å². The van der Waals surface area contributed by atoms with Crippen molar-refractivity contribution < 1.29 is 4.79 Å². The van der Waals surface area contributed by atoms with Gasteiger partial charge in [-0.2, -0.15) is 5.10 Å². The van der Waals surface area contributed by atoms with Crippen LogP contribution in [0.1, 0.15) is 21.5 Å². The Kier molecular flexibility index (Phi) is 3.98. The van der Waals surface area contributed by atoms with Crippen molar-refractivity contribution in [3.63, 3.8) is 0 Å². The highest BCUT2D eigenvalue weighted by molar-refractivity contribution is 6.13. The average Bonchev–Trinajstić information content (AvgIpc) is 2.55. The first-order valence-electron chi connectivity index (χ1n) is 7.54. The number of carbonyl (C=O) groups is 1. The molecule has 3 rings (SSSR count). The summed E-state index contributed by atoms with van der Waals surface area (Å²) < 4.78 is 0. The molecule has 1 heterocycles. The number of hydrogen-bond acceptors (Lipinski definition) is 4. The molecule has 4 nitrogen and oxygen atoms in total. The number of anilines is 1. The van der Waals surface area contributed by atoms with E-state index in [1.165, 1.54) is 0 Å². The fourth-order valence-corrected chi connectivity index (χ4v) is 2.69. The van der Waals surface area contributed by atoms with E-state index in [-0.39, 0.29) is 5.78 Å². The van der Waals surface area contributed by atoms with Gasteiger partial charge in [0, 0.05) is 11.8 Å². The molecule has 0 spiro atoms. The molecule has 2 N–H and O–H groups in total. The lowest BCUT2D eigenvalue weighted by Crippen LogP contribution is -2.35. The van der Waals surface area contributed by atoms with Gasteiger partial charge in [0.05, 0.1) is 5.69 Å². The van der Waals surface area contributed by atoms with Crippen LogP contribution in [0.15, 0.2) is 65.9 Å². The number of carbonyl (C=O) groups excluding carboxylic acids is 1. The van der Waals surface area contributed by atoms with Crippen molar-refractivity contribution in [3.05, 3.63) is 77.5 Å². The topological polar surface area (TPSA) is 58.7 Å². The summed E-state index contributed by atoms with van der Waals surface area (Å²) in [4.78, 5) is 12.8. The van der Waals surface area contributed by atoms with Gasteiger partial charge in [-0.1, -0.05) is 42.0 Å². The summed E-state index contributed by atoms with van der Waals surface area (Å²) in [6.45, 7) is 3.95. The minimum atomic E-state index is -0.517. The van der Waals surface area contributed by atoms with E-state index in [9.17, 15) is 4.79 Å². The molecule has 2 aromatic carbocycles. The Balaban J connectivity index is 1.86. The van der Waals surface area contributed by atoms with Gasteiger partial charge in [0.1, 0.15) is 11.8 Å². The van der Waals surface area contributed by atoms with Gasteiger partial charge < -0.3 is 5.73 Å². The number of benzene rings is 2. The standard InChI is InChI=1S/C19H19N3O/c1-13-8-9-16(14(2)12-13)18(23)17-10-11-22(21-19(17)20)15-6-4-3-5-7-15/h3-12,17H,1-2H3,(H2,20,21). The number of nitrogens with zero attached hydrogens (tertiary/aromatic N) is 2. The van der Waals surface area contributed by atoms with Crippen LogP contribution in [0.25, 0.3) is 0 Å². The zero-order valence-electron chi connectivity index (χ0n) is 13.2. The number of amidine groups is 1. The summed E-state index contributed by atoms with van der Waals surface area (Å²) in [6.07, 6.45) is 3.59. The number of rotatable bonds is 3. The molecule has 1 unspecified atom stereocenters. The second kappa shape index (κ2) is 6.08. The molecule has 0 fully saturated rings. The number of ketones is 1. The van der Waals surface area contributed by atoms with Gasteiger partial charge in [-0.25, -0.2) is 5.01 Å². The Morgan fingerprint density at radius 3 is 2.52 bits per heavy atom. The molecule has 0 amide bonds. The second-order valence-corrected chi connectivity index (χ2v) is 5.71. The molecule has 23 heavy (non-hydrogen) atoms. The lowest BCUT2D eigenvalue weighted by atomic mass is 9.92. The van der Waals surface area contributed by atoms with Crippen LogP contribution in [-0.4, -0.2) is 11.6 Å². The Bertz CT molecular complexity index is 794. The molecular weight excluding hydrogens is 286 g/mol. The number of para-hydroxylation sites is 1. The highest BCUT2D eigenvalue weighted by Gasteiger charge is 2.26. The molecule has 0 saturated carbocycles. The molecule has 1 atom stereocenters. The Hall–Kier alpha value is -2.88. The van der Waals surface area contributed by atoms with Gasteiger partial charge >= 0.3 is 0 Å². The van der Waals surface area contributed by atoms with Crippen LogP contribution in [-0.2, 0) is 0 Å². The van der Waals surface area contributed by atoms with E-state index in [2.05, 4.69) is 5.10 Å². The van der Waals surface area contributed by atoms with Crippen molar-refractivity contribution in [2.45, 2.75) is 13.8 Å². The van der Waals surface area contributed by atoms with Gasteiger partial charge in [0.15, 0.2) is 5.78 Å². The molecule has 4 heteroatoms. The predicted molar refractivity (Wildman–Crippen MR) is 93.4 cm³/mol. The van der Waals surface area contributed by atoms with Crippen LogP contribution in [0.3, 0.4) is 0 Å². The number of hydrazone groups is 1. The normalized spacial score (nSPS) is 17.0. The van der Waals surface area contributed by atoms with Crippen LogP contribution in [0.5, 0.6) is 0 Å². The zero-order valence-corrected chi connectivity index (χ0v) is 13.2. The van der Waals surface area contributed by atoms with E-state index in [0.717, 1.165) is 16.8 Å². The van der Waals surface area contributed by atoms with E-state index < -0.39 is 5.92 Å². The third-order valence-electron chi connectivity index (χ3n) is 3.91. The zero-order chi connectivity index (χ0) is 16.4. The summed E-state index contributed by atoms with van der Waals surface area (Å²) in [5.41, 5.74) is 9.75. The van der Waals surface area contributed by atoms with Crippen molar-refractivity contribution in [3.8, 4) is 0 Å². The van der Waals surface area contributed by atoms with Gasteiger partial charge in [-0.3, -0.25) is 4.79 Å². The minimum Gasteiger partial charge on any atom is -0.385 e.